The molecule has 0 atom stereocenters. The van der Waals surface area contributed by atoms with Crippen molar-refractivity contribution in [3.05, 3.63) is 40.7 Å². The lowest BCUT2D eigenvalue weighted by atomic mass is 10.2. The molecule has 0 N–H and O–H groups in total. The van der Waals surface area contributed by atoms with E-state index in [1.807, 2.05) is 6.92 Å². The molecule has 1 fully saturated rings. The van der Waals surface area contributed by atoms with Gasteiger partial charge in [0, 0.05) is 36.6 Å². The summed E-state index contributed by atoms with van der Waals surface area (Å²) in [6.07, 6.45) is -0.0452. The summed E-state index contributed by atoms with van der Waals surface area (Å²) < 4.78 is 18.1. The standard InChI is InChI=1S/C19H22FN3O3S/c1-3-26-19(25)23-10-8-22(9-11-23)17(24)12-16-13(2)21-18(27-16)14-4-6-15(20)7-5-14/h4-7H,3,8-12H2,1-2H3. The number of carbonyl (C=O) groups is 2. The first kappa shape index (κ1) is 19.3. The number of aryl methyl sites for hydroxylation is 1. The van der Waals surface area contributed by atoms with Crippen LogP contribution >= 0.6 is 11.3 Å². The van der Waals surface area contributed by atoms with Gasteiger partial charge in [0.1, 0.15) is 10.8 Å². The number of aromatic nitrogens is 1. The monoisotopic (exact) mass is 391 g/mol. The number of ether oxygens (including phenoxy) is 1. The van der Waals surface area contributed by atoms with E-state index in [0.717, 1.165) is 21.1 Å². The van der Waals surface area contributed by atoms with E-state index in [4.69, 9.17) is 4.74 Å². The van der Waals surface area contributed by atoms with Crippen LogP contribution < -0.4 is 0 Å². The molecule has 1 aliphatic rings. The predicted molar refractivity (Wildman–Crippen MR) is 101 cm³/mol. The highest BCUT2D eigenvalue weighted by Gasteiger charge is 2.25. The third-order valence-electron chi connectivity index (χ3n) is 4.45. The minimum Gasteiger partial charge on any atom is -0.450 e. The van der Waals surface area contributed by atoms with Gasteiger partial charge in [-0.1, -0.05) is 0 Å². The molecular formula is C19H22FN3O3S. The molecule has 3 rings (SSSR count). The van der Waals surface area contributed by atoms with Gasteiger partial charge in [-0.25, -0.2) is 14.2 Å². The Kier molecular flexibility index (Phi) is 6.05. The lowest BCUT2D eigenvalue weighted by molar-refractivity contribution is -0.132. The van der Waals surface area contributed by atoms with Gasteiger partial charge in [-0.05, 0) is 38.1 Å². The molecule has 1 aliphatic heterocycles. The lowest BCUT2D eigenvalue weighted by Gasteiger charge is -2.34. The van der Waals surface area contributed by atoms with E-state index in [1.165, 1.54) is 23.5 Å². The van der Waals surface area contributed by atoms with Crippen molar-refractivity contribution >= 4 is 23.3 Å². The highest BCUT2D eigenvalue weighted by atomic mass is 32.1. The van der Waals surface area contributed by atoms with Crippen LogP contribution in [-0.2, 0) is 16.0 Å². The zero-order valence-corrected chi connectivity index (χ0v) is 16.2. The largest absolute Gasteiger partial charge is 0.450 e. The number of piperazine rings is 1. The first-order valence-electron chi connectivity index (χ1n) is 8.89. The second-order valence-electron chi connectivity index (χ2n) is 6.28. The quantitative estimate of drug-likeness (QED) is 0.804. The van der Waals surface area contributed by atoms with Crippen molar-refractivity contribution in [3.63, 3.8) is 0 Å². The molecule has 27 heavy (non-hydrogen) atoms. The Labute approximate surface area is 161 Å². The summed E-state index contributed by atoms with van der Waals surface area (Å²) in [4.78, 5) is 33.2. The van der Waals surface area contributed by atoms with Crippen molar-refractivity contribution in [1.29, 1.82) is 0 Å². The SMILES string of the molecule is CCOC(=O)N1CCN(C(=O)Cc2sc(-c3ccc(F)cc3)nc2C)CC1. The molecular weight excluding hydrogens is 369 g/mol. The molecule has 2 heterocycles. The molecule has 0 spiro atoms. The topological polar surface area (TPSA) is 62.7 Å². The van der Waals surface area contributed by atoms with Crippen LogP contribution in [0.5, 0.6) is 0 Å². The highest BCUT2D eigenvalue weighted by Crippen LogP contribution is 2.28. The van der Waals surface area contributed by atoms with Crippen molar-refractivity contribution in [2.24, 2.45) is 0 Å². The van der Waals surface area contributed by atoms with Crippen molar-refractivity contribution in [2.45, 2.75) is 20.3 Å². The Morgan fingerprint density at radius 3 is 2.41 bits per heavy atom. The summed E-state index contributed by atoms with van der Waals surface area (Å²) in [5, 5.41) is 0.780. The maximum Gasteiger partial charge on any atom is 0.409 e. The summed E-state index contributed by atoms with van der Waals surface area (Å²) in [6.45, 7) is 5.96. The molecule has 0 unspecified atom stereocenters. The number of hydrogen-bond donors (Lipinski definition) is 0. The van der Waals surface area contributed by atoms with Crippen molar-refractivity contribution in [2.75, 3.05) is 32.8 Å². The van der Waals surface area contributed by atoms with Crippen molar-refractivity contribution in [3.8, 4) is 10.6 Å². The molecule has 2 aromatic rings. The average molecular weight is 391 g/mol. The van der Waals surface area contributed by atoms with Gasteiger partial charge in [-0.2, -0.15) is 0 Å². The minimum absolute atomic E-state index is 0.0240. The molecule has 144 valence electrons. The molecule has 1 aromatic heterocycles. The Morgan fingerprint density at radius 2 is 1.78 bits per heavy atom. The number of rotatable bonds is 4. The Balaban J connectivity index is 1.60. The predicted octanol–water partition coefficient (Wildman–Crippen LogP) is 3.10. The van der Waals surface area contributed by atoms with Crippen LogP contribution in [0, 0.1) is 12.7 Å². The van der Waals surface area contributed by atoms with Crippen molar-refractivity contribution < 1.29 is 18.7 Å². The number of carbonyl (C=O) groups excluding carboxylic acids is 2. The van der Waals surface area contributed by atoms with Gasteiger partial charge < -0.3 is 14.5 Å². The van der Waals surface area contributed by atoms with Crippen LogP contribution in [0.25, 0.3) is 10.6 Å². The zero-order chi connectivity index (χ0) is 19.4. The van der Waals surface area contributed by atoms with Crippen molar-refractivity contribution in [1.82, 2.24) is 14.8 Å². The lowest BCUT2D eigenvalue weighted by Crippen LogP contribution is -2.51. The van der Waals surface area contributed by atoms with E-state index in [2.05, 4.69) is 4.98 Å². The maximum absolute atomic E-state index is 13.1. The van der Waals surface area contributed by atoms with Gasteiger partial charge >= 0.3 is 6.09 Å². The molecule has 1 saturated heterocycles. The second-order valence-corrected chi connectivity index (χ2v) is 7.36. The summed E-state index contributed by atoms with van der Waals surface area (Å²) in [7, 11) is 0. The fraction of sp³-hybridized carbons (Fsp3) is 0.421. The van der Waals surface area contributed by atoms with Gasteiger partial charge in [0.05, 0.1) is 18.7 Å². The zero-order valence-electron chi connectivity index (χ0n) is 15.4. The number of nitrogens with zero attached hydrogens (tertiary/aromatic N) is 3. The molecule has 0 bridgehead atoms. The maximum atomic E-state index is 13.1. The molecule has 0 saturated carbocycles. The van der Waals surface area contributed by atoms with E-state index in [1.54, 1.807) is 28.9 Å². The third kappa shape index (κ3) is 4.63. The summed E-state index contributed by atoms with van der Waals surface area (Å²) in [5.41, 5.74) is 1.66. The van der Waals surface area contributed by atoms with E-state index in [0.29, 0.717) is 32.8 Å². The van der Waals surface area contributed by atoms with Crippen LogP contribution in [0.2, 0.25) is 0 Å². The van der Waals surface area contributed by atoms with Crippen LogP contribution in [-0.4, -0.2) is 59.6 Å². The molecule has 6 nitrogen and oxygen atoms in total. The first-order valence-corrected chi connectivity index (χ1v) is 9.71. The van der Waals surface area contributed by atoms with Gasteiger partial charge in [0.25, 0.3) is 0 Å². The van der Waals surface area contributed by atoms with Crippen LogP contribution in [0.4, 0.5) is 9.18 Å². The second kappa shape index (κ2) is 8.47. The number of hydrogen-bond acceptors (Lipinski definition) is 5. The Morgan fingerprint density at radius 1 is 1.15 bits per heavy atom. The van der Waals surface area contributed by atoms with E-state index < -0.39 is 0 Å². The molecule has 0 radical (unpaired) electrons. The fourth-order valence-electron chi connectivity index (χ4n) is 2.91. The van der Waals surface area contributed by atoms with E-state index in [9.17, 15) is 14.0 Å². The Bertz CT molecular complexity index is 814. The van der Waals surface area contributed by atoms with Gasteiger partial charge in [0.2, 0.25) is 5.91 Å². The van der Waals surface area contributed by atoms with Crippen LogP contribution in [0.3, 0.4) is 0 Å². The molecule has 1 aromatic carbocycles. The van der Waals surface area contributed by atoms with E-state index in [-0.39, 0.29) is 24.2 Å². The van der Waals surface area contributed by atoms with Gasteiger partial charge in [-0.15, -0.1) is 11.3 Å². The summed E-state index contributed by atoms with van der Waals surface area (Å²) in [5.74, 6) is -0.264. The number of thiazole rings is 1. The molecule has 2 amide bonds. The minimum atomic E-state index is -0.327. The molecule has 8 heteroatoms. The van der Waals surface area contributed by atoms with Crippen LogP contribution in [0.1, 0.15) is 17.5 Å². The van der Waals surface area contributed by atoms with Gasteiger partial charge in [-0.3, -0.25) is 4.79 Å². The van der Waals surface area contributed by atoms with E-state index >= 15 is 0 Å². The number of benzene rings is 1. The normalized spacial score (nSPS) is 14.3. The van der Waals surface area contributed by atoms with Gasteiger partial charge in [0.15, 0.2) is 0 Å². The third-order valence-corrected chi connectivity index (χ3v) is 5.66. The highest BCUT2D eigenvalue weighted by molar-refractivity contribution is 7.15. The number of amides is 2. The Hall–Kier alpha value is -2.48. The average Bonchev–Trinajstić information content (AvgIpc) is 3.03. The first-order chi connectivity index (χ1) is 13.0. The van der Waals surface area contributed by atoms with Crippen LogP contribution in [0.15, 0.2) is 24.3 Å². The fourth-order valence-corrected chi connectivity index (χ4v) is 3.97. The molecule has 0 aliphatic carbocycles. The smallest absolute Gasteiger partial charge is 0.409 e. The summed E-state index contributed by atoms with van der Waals surface area (Å²) in [6, 6.07) is 6.18. The number of halogens is 1. The summed E-state index contributed by atoms with van der Waals surface area (Å²) >= 11 is 1.46.